The Bertz CT molecular complexity index is 450. The second kappa shape index (κ2) is 4.77. The molecule has 0 bridgehead atoms. The van der Waals surface area contributed by atoms with Crippen LogP contribution in [0, 0.1) is 24.2 Å². The number of aryl methyl sites for hydroxylation is 1. The van der Waals surface area contributed by atoms with E-state index in [1.54, 1.807) is 0 Å². The van der Waals surface area contributed by atoms with E-state index in [4.69, 9.17) is 5.26 Å². The van der Waals surface area contributed by atoms with Gasteiger partial charge in [0.25, 0.3) is 0 Å². The van der Waals surface area contributed by atoms with Crippen LogP contribution in [-0.2, 0) is 0 Å². The van der Waals surface area contributed by atoms with E-state index in [-0.39, 0.29) is 12.6 Å². The zero-order valence-electron chi connectivity index (χ0n) is 10.3. The average Bonchev–Trinajstić information content (AvgIpc) is 2.70. The van der Waals surface area contributed by atoms with Crippen LogP contribution >= 0.6 is 0 Å². The van der Waals surface area contributed by atoms with Crippen molar-refractivity contribution in [3.8, 4) is 6.07 Å². The van der Waals surface area contributed by atoms with E-state index >= 15 is 0 Å². The first kappa shape index (κ1) is 11.9. The molecule has 1 fully saturated rings. The minimum Gasteiger partial charge on any atom is -0.394 e. The van der Waals surface area contributed by atoms with Crippen LogP contribution in [0.5, 0.6) is 0 Å². The van der Waals surface area contributed by atoms with Gasteiger partial charge in [0, 0.05) is 6.54 Å². The molecule has 0 amide bonds. The summed E-state index contributed by atoms with van der Waals surface area (Å²) < 4.78 is 0. The Morgan fingerprint density at radius 2 is 2.29 bits per heavy atom. The maximum atomic E-state index is 9.48. The zero-order chi connectivity index (χ0) is 12.4. The third-order valence-electron chi connectivity index (χ3n) is 3.65. The first-order chi connectivity index (χ1) is 8.17. The highest BCUT2D eigenvalue weighted by Crippen LogP contribution is 2.32. The predicted molar refractivity (Wildman–Crippen MR) is 67.9 cm³/mol. The Hall–Kier alpha value is -1.53. The highest BCUT2D eigenvalue weighted by molar-refractivity contribution is 5.62. The molecule has 1 saturated heterocycles. The highest BCUT2D eigenvalue weighted by atomic mass is 16.3. The molecule has 90 valence electrons. The van der Waals surface area contributed by atoms with Crippen LogP contribution in [0.2, 0.25) is 0 Å². The van der Waals surface area contributed by atoms with Crippen molar-refractivity contribution in [2.75, 3.05) is 18.1 Å². The lowest BCUT2D eigenvalue weighted by atomic mass is 10.0. The van der Waals surface area contributed by atoms with Crippen molar-refractivity contribution in [1.29, 1.82) is 5.26 Å². The van der Waals surface area contributed by atoms with E-state index in [9.17, 15) is 5.11 Å². The number of nitrogens with zero attached hydrogens (tertiary/aromatic N) is 2. The number of aliphatic hydroxyl groups is 1. The van der Waals surface area contributed by atoms with Crippen LogP contribution in [0.4, 0.5) is 5.69 Å². The van der Waals surface area contributed by atoms with Gasteiger partial charge in [-0.05, 0) is 37.0 Å². The Morgan fingerprint density at radius 3 is 2.94 bits per heavy atom. The lowest BCUT2D eigenvalue weighted by Gasteiger charge is -2.28. The van der Waals surface area contributed by atoms with Crippen molar-refractivity contribution in [3.63, 3.8) is 0 Å². The fourth-order valence-electron chi connectivity index (χ4n) is 2.56. The molecular formula is C14H18N2O. The van der Waals surface area contributed by atoms with Gasteiger partial charge in [-0.25, -0.2) is 0 Å². The number of benzene rings is 1. The molecule has 17 heavy (non-hydrogen) atoms. The van der Waals surface area contributed by atoms with Gasteiger partial charge in [0.05, 0.1) is 23.9 Å². The van der Waals surface area contributed by atoms with Crippen LogP contribution in [0.15, 0.2) is 18.2 Å². The number of rotatable bonds is 2. The molecule has 2 unspecified atom stereocenters. The van der Waals surface area contributed by atoms with Crippen molar-refractivity contribution >= 4 is 5.69 Å². The molecule has 0 spiro atoms. The maximum Gasteiger partial charge on any atom is 0.101 e. The number of anilines is 1. The van der Waals surface area contributed by atoms with Gasteiger partial charge in [-0.2, -0.15) is 5.26 Å². The van der Waals surface area contributed by atoms with Crippen molar-refractivity contribution in [2.45, 2.75) is 26.3 Å². The summed E-state index contributed by atoms with van der Waals surface area (Å²) in [7, 11) is 0. The summed E-state index contributed by atoms with van der Waals surface area (Å²) in [6, 6.07) is 8.24. The smallest absolute Gasteiger partial charge is 0.101 e. The van der Waals surface area contributed by atoms with Gasteiger partial charge in [-0.15, -0.1) is 0 Å². The SMILES string of the molecule is Cc1ccc(C#N)c(N2CCC(C)C2CO)c1. The molecule has 1 aromatic rings. The zero-order valence-corrected chi connectivity index (χ0v) is 10.3. The van der Waals surface area contributed by atoms with E-state index in [1.165, 1.54) is 0 Å². The van der Waals surface area contributed by atoms with Crippen molar-refractivity contribution < 1.29 is 5.11 Å². The Balaban J connectivity index is 2.40. The summed E-state index contributed by atoms with van der Waals surface area (Å²) >= 11 is 0. The standard InChI is InChI=1S/C14H18N2O/c1-10-3-4-12(8-15)13(7-10)16-6-5-11(2)14(16)9-17/h3-4,7,11,14,17H,5-6,9H2,1-2H3. The topological polar surface area (TPSA) is 47.3 Å². The van der Waals surface area contributed by atoms with Gasteiger partial charge >= 0.3 is 0 Å². The fourth-order valence-corrected chi connectivity index (χ4v) is 2.56. The van der Waals surface area contributed by atoms with E-state index in [0.717, 1.165) is 24.2 Å². The number of hydrogen-bond donors (Lipinski definition) is 1. The molecule has 0 aliphatic carbocycles. The molecular weight excluding hydrogens is 212 g/mol. The maximum absolute atomic E-state index is 9.48. The summed E-state index contributed by atoms with van der Waals surface area (Å²) in [6.07, 6.45) is 1.07. The molecule has 1 N–H and O–H groups in total. The molecule has 3 heteroatoms. The van der Waals surface area contributed by atoms with Crippen molar-refractivity contribution in [2.24, 2.45) is 5.92 Å². The number of hydrogen-bond acceptors (Lipinski definition) is 3. The van der Waals surface area contributed by atoms with Crippen LogP contribution in [0.1, 0.15) is 24.5 Å². The summed E-state index contributed by atoms with van der Waals surface area (Å²) in [6.45, 7) is 5.26. The van der Waals surface area contributed by atoms with Crippen LogP contribution in [0.25, 0.3) is 0 Å². The molecule has 3 nitrogen and oxygen atoms in total. The molecule has 1 aliphatic rings. The summed E-state index contributed by atoms with van der Waals surface area (Å²) in [5.41, 5.74) is 2.81. The van der Waals surface area contributed by atoms with Gasteiger partial charge in [0.15, 0.2) is 0 Å². The van der Waals surface area contributed by atoms with Gasteiger partial charge in [-0.3, -0.25) is 0 Å². The molecule has 1 aromatic carbocycles. The lowest BCUT2D eigenvalue weighted by Crippen LogP contribution is -2.35. The van der Waals surface area contributed by atoms with Gasteiger partial charge in [0.2, 0.25) is 0 Å². The third-order valence-corrected chi connectivity index (χ3v) is 3.65. The lowest BCUT2D eigenvalue weighted by molar-refractivity contribution is 0.244. The second-order valence-electron chi connectivity index (χ2n) is 4.84. The number of aliphatic hydroxyl groups excluding tert-OH is 1. The largest absolute Gasteiger partial charge is 0.394 e. The molecule has 1 aliphatic heterocycles. The summed E-state index contributed by atoms with van der Waals surface area (Å²) in [5, 5.41) is 18.6. The van der Waals surface area contributed by atoms with Gasteiger partial charge < -0.3 is 10.0 Å². The molecule has 0 saturated carbocycles. The Morgan fingerprint density at radius 1 is 1.53 bits per heavy atom. The van der Waals surface area contributed by atoms with Gasteiger partial charge in [-0.1, -0.05) is 13.0 Å². The average molecular weight is 230 g/mol. The highest BCUT2D eigenvalue weighted by Gasteiger charge is 2.31. The molecule has 0 radical (unpaired) electrons. The normalized spacial score (nSPS) is 23.8. The van der Waals surface area contributed by atoms with E-state index in [0.29, 0.717) is 11.5 Å². The first-order valence-electron chi connectivity index (χ1n) is 6.05. The van der Waals surface area contributed by atoms with Crippen LogP contribution in [-0.4, -0.2) is 24.3 Å². The summed E-state index contributed by atoms with van der Waals surface area (Å²) in [4.78, 5) is 2.18. The molecule has 1 heterocycles. The Labute approximate surface area is 102 Å². The Kier molecular flexibility index (Phi) is 3.35. The minimum atomic E-state index is 0.142. The fraction of sp³-hybridized carbons (Fsp3) is 0.500. The van der Waals surface area contributed by atoms with Gasteiger partial charge in [0.1, 0.15) is 6.07 Å². The molecule has 2 rings (SSSR count). The second-order valence-corrected chi connectivity index (χ2v) is 4.84. The van der Waals surface area contributed by atoms with Crippen molar-refractivity contribution in [3.05, 3.63) is 29.3 Å². The minimum absolute atomic E-state index is 0.142. The third kappa shape index (κ3) is 2.13. The van der Waals surface area contributed by atoms with Crippen LogP contribution < -0.4 is 4.90 Å². The van der Waals surface area contributed by atoms with Crippen molar-refractivity contribution in [1.82, 2.24) is 0 Å². The predicted octanol–water partition coefficient (Wildman–Crippen LogP) is 2.07. The van der Waals surface area contributed by atoms with Crippen LogP contribution in [0.3, 0.4) is 0 Å². The van der Waals surface area contributed by atoms with E-state index in [1.807, 2.05) is 25.1 Å². The summed E-state index contributed by atoms with van der Waals surface area (Å²) in [5.74, 6) is 0.479. The van der Waals surface area contributed by atoms with E-state index in [2.05, 4.69) is 17.9 Å². The monoisotopic (exact) mass is 230 g/mol. The molecule has 2 atom stereocenters. The number of nitriles is 1. The van der Waals surface area contributed by atoms with E-state index < -0.39 is 0 Å². The molecule has 0 aromatic heterocycles. The first-order valence-corrected chi connectivity index (χ1v) is 6.05. The quantitative estimate of drug-likeness (QED) is 0.846.